The van der Waals surface area contributed by atoms with Crippen molar-refractivity contribution in [1.82, 2.24) is 29.4 Å². The van der Waals surface area contributed by atoms with Crippen LogP contribution in [0.25, 0.3) is 0 Å². The molecule has 0 saturated heterocycles. The zero-order valence-corrected chi connectivity index (χ0v) is 17.9. The molecule has 2 aromatic rings. The molecule has 0 atom stereocenters. The van der Waals surface area contributed by atoms with Gasteiger partial charge in [-0.3, -0.25) is 19.2 Å². The summed E-state index contributed by atoms with van der Waals surface area (Å²) in [4.78, 5) is 4.58. The first-order valence-electron chi connectivity index (χ1n) is 7.74. The minimum Gasteiger partial charge on any atom is -1.00 e. The maximum Gasteiger partial charge on any atom is 2.00 e. The van der Waals surface area contributed by atoms with Crippen LogP contribution in [0.5, 0.6) is 0 Å². The van der Waals surface area contributed by atoms with Crippen molar-refractivity contribution in [3.05, 3.63) is 34.9 Å². The van der Waals surface area contributed by atoms with Crippen LogP contribution in [0.3, 0.4) is 0 Å². The summed E-state index contributed by atoms with van der Waals surface area (Å²) in [5, 5.41) is 9.01. The van der Waals surface area contributed by atoms with Crippen LogP contribution in [0, 0.1) is 27.7 Å². The molecule has 0 aliphatic heterocycles. The first-order valence-corrected chi connectivity index (χ1v) is 7.74. The second-order valence-corrected chi connectivity index (χ2v) is 6.30. The summed E-state index contributed by atoms with van der Waals surface area (Å²) in [7, 11) is 4.27. The van der Waals surface area contributed by atoms with Crippen molar-refractivity contribution in [3.63, 3.8) is 0 Å². The number of rotatable bonds is 7. The zero-order valence-electron chi connectivity index (χ0n) is 15.4. The van der Waals surface area contributed by atoms with Crippen LogP contribution in [0.4, 0.5) is 0 Å². The number of nitrogens with zero attached hydrogens (tertiary/aromatic N) is 6. The molecule has 2 aromatic heterocycles. The molecule has 6 nitrogen and oxygen atoms in total. The van der Waals surface area contributed by atoms with E-state index in [1.165, 1.54) is 11.4 Å². The van der Waals surface area contributed by atoms with Gasteiger partial charge in [-0.1, -0.05) is 0 Å². The molecule has 0 fully saturated rings. The Kier molecular flexibility index (Phi) is 10.0. The molecular weight excluding hydrogens is 415 g/mol. The van der Waals surface area contributed by atoms with E-state index in [1.807, 2.05) is 13.8 Å². The largest absolute Gasteiger partial charge is 2.00 e. The van der Waals surface area contributed by atoms with E-state index in [0.29, 0.717) is 0 Å². The van der Waals surface area contributed by atoms with Gasteiger partial charge < -0.3 is 17.0 Å². The second-order valence-electron chi connectivity index (χ2n) is 6.30. The van der Waals surface area contributed by atoms with Gasteiger partial charge in [-0.15, -0.1) is 0 Å². The molecule has 0 aliphatic rings. The number of hydrogen-bond donors (Lipinski definition) is 0. The van der Waals surface area contributed by atoms with Crippen LogP contribution in [0.15, 0.2) is 12.1 Å². The molecule has 0 aliphatic carbocycles. The van der Waals surface area contributed by atoms with Crippen molar-refractivity contribution in [2.75, 3.05) is 27.2 Å². The molecule has 0 unspecified atom stereocenters. The Morgan fingerprint density at radius 3 is 1.38 bits per heavy atom. The number of halogens is 1. The number of aromatic nitrogens is 4. The van der Waals surface area contributed by atoms with Crippen molar-refractivity contribution < 1.29 is 33.5 Å². The summed E-state index contributed by atoms with van der Waals surface area (Å²) in [6.45, 7) is 11.9. The van der Waals surface area contributed by atoms with E-state index in [2.05, 4.69) is 69.4 Å². The zero-order chi connectivity index (χ0) is 16.3. The van der Waals surface area contributed by atoms with Gasteiger partial charge in [-0.25, -0.2) is 0 Å². The van der Waals surface area contributed by atoms with E-state index >= 15 is 0 Å². The van der Waals surface area contributed by atoms with E-state index < -0.39 is 0 Å². The second kappa shape index (κ2) is 10.3. The third-order valence-electron chi connectivity index (χ3n) is 3.82. The molecule has 0 bridgehead atoms. The van der Waals surface area contributed by atoms with Crippen molar-refractivity contribution in [2.45, 2.75) is 41.0 Å². The Morgan fingerprint density at radius 1 is 0.792 bits per heavy atom. The van der Waals surface area contributed by atoms with Gasteiger partial charge in [-0.05, 0) is 53.9 Å². The van der Waals surface area contributed by atoms with Gasteiger partial charge in [0.1, 0.15) is 0 Å². The molecule has 24 heavy (non-hydrogen) atoms. The minimum absolute atomic E-state index is 0. The van der Waals surface area contributed by atoms with E-state index in [9.17, 15) is 0 Å². The fourth-order valence-electron chi connectivity index (χ4n) is 2.58. The van der Waals surface area contributed by atoms with E-state index in [1.54, 1.807) is 0 Å². The van der Waals surface area contributed by atoms with Gasteiger partial charge in [0.05, 0.1) is 24.7 Å². The Labute approximate surface area is 165 Å². The van der Waals surface area contributed by atoms with Crippen LogP contribution in [0.2, 0.25) is 0 Å². The molecular formula is C16H28BrN6Ni+. The van der Waals surface area contributed by atoms with Crippen molar-refractivity contribution >= 4 is 0 Å². The van der Waals surface area contributed by atoms with Crippen molar-refractivity contribution in [3.8, 4) is 0 Å². The summed E-state index contributed by atoms with van der Waals surface area (Å²) in [5.74, 6) is 0. The molecule has 2 rings (SSSR count). The molecule has 0 aromatic carbocycles. The third kappa shape index (κ3) is 6.67. The molecule has 0 saturated carbocycles. The summed E-state index contributed by atoms with van der Waals surface area (Å²) < 4.78 is 4.10. The number of likely N-dealkylation sites (N-methyl/N-ethyl adjacent to an activating group) is 2. The van der Waals surface area contributed by atoms with Gasteiger partial charge >= 0.3 is 16.5 Å². The Balaban J connectivity index is 0.00000264. The predicted octanol–water partition coefficient (Wildman–Crippen LogP) is -1.21. The standard InChI is InChI=1S/C16H28N6.BrH.Ni/c1-13-9-15(3)21(17-13)11-19(5)7-8-20(6)12-22-16(4)10-14(2)18-22;;/h9-10H,7-8,11-12H2,1-6H3;1H;/q;;+2/p-1. The molecule has 2 heterocycles. The smallest absolute Gasteiger partial charge is 1.00 e. The van der Waals surface area contributed by atoms with Crippen molar-refractivity contribution in [2.24, 2.45) is 0 Å². The van der Waals surface area contributed by atoms with E-state index in [-0.39, 0.29) is 33.5 Å². The summed E-state index contributed by atoms with van der Waals surface area (Å²) in [6, 6.07) is 4.23. The maximum absolute atomic E-state index is 4.51. The Hall–Kier alpha value is -0.686. The quantitative estimate of drug-likeness (QED) is 0.505. The van der Waals surface area contributed by atoms with Crippen LogP contribution >= 0.6 is 0 Å². The van der Waals surface area contributed by atoms with Crippen LogP contribution in [-0.4, -0.2) is 56.5 Å². The van der Waals surface area contributed by atoms with Crippen molar-refractivity contribution in [1.29, 1.82) is 0 Å². The minimum atomic E-state index is 0. The third-order valence-corrected chi connectivity index (χ3v) is 3.82. The van der Waals surface area contributed by atoms with E-state index in [0.717, 1.165) is 37.8 Å². The van der Waals surface area contributed by atoms with Crippen LogP contribution in [-0.2, 0) is 29.8 Å². The first-order chi connectivity index (χ1) is 10.3. The number of hydrogen-bond acceptors (Lipinski definition) is 4. The normalized spacial score (nSPS) is 10.8. The molecule has 8 heteroatoms. The molecule has 138 valence electrons. The van der Waals surface area contributed by atoms with Crippen LogP contribution in [0.1, 0.15) is 22.8 Å². The maximum atomic E-state index is 4.51. The average molecular weight is 443 g/mol. The first kappa shape index (κ1) is 23.3. The summed E-state index contributed by atoms with van der Waals surface area (Å²) in [6.07, 6.45) is 0. The van der Waals surface area contributed by atoms with Gasteiger partial charge in [0.15, 0.2) is 0 Å². The van der Waals surface area contributed by atoms with Crippen LogP contribution < -0.4 is 17.0 Å². The summed E-state index contributed by atoms with van der Waals surface area (Å²) >= 11 is 0. The van der Waals surface area contributed by atoms with Gasteiger partial charge in [0.2, 0.25) is 0 Å². The van der Waals surface area contributed by atoms with Gasteiger partial charge in [-0.2, -0.15) is 10.2 Å². The fourth-order valence-corrected chi connectivity index (χ4v) is 2.58. The van der Waals surface area contributed by atoms with Gasteiger partial charge in [0.25, 0.3) is 0 Å². The Morgan fingerprint density at radius 2 is 1.12 bits per heavy atom. The predicted molar refractivity (Wildman–Crippen MR) is 88.7 cm³/mol. The molecule has 0 amide bonds. The van der Waals surface area contributed by atoms with Gasteiger partial charge in [0, 0.05) is 24.5 Å². The Bertz CT molecular complexity index is 570. The monoisotopic (exact) mass is 441 g/mol. The number of aryl methyl sites for hydroxylation is 4. The fraction of sp³-hybridized carbons (Fsp3) is 0.625. The topological polar surface area (TPSA) is 42.1 Å². The SMILES string of the molecule is Cc1cc(C)n(CN(C)CCN(C)Cn2nc(C)cc2C)n1.[Br-].[Ni+2]. The molecule has 0 N–H and O–H groups in total. The average Bonchev–Trinajstić information content (AvgIpc) is 2.89. The van der Waals surface area contributed by atoms with E-state index in [4.69, 9.17) is 0 Å². The summed E-state index contributed by atoms with van der Waals surface area (Å²) in [5.41, 5.74) is 4.57. The molecule has 0 spiro atoms. The molecule has 0 radical (unpaired) electrons.